The third-order valence-electron chi connectivity index (χ3n) is 1.71. The van der Waals surface area contributed by atoms with Crippen LogP contribution in [0, 0.1) is 0 Å². The predicted molar refractivity (Wildman–Crippen MR) is 45.8 cm³/mol. The van der Waals surface area contributed by atoms with Crippen molar-refractivity contribution in [1.82, 2.24) is 5.32 Å². The summed E-state index contributed by atoms with van der Waals surface area (Å²) in [4.78, 5) is 0. The first-order valence-electron chi connectivity index (χ1n) is 4.04. The van der Waals surface area contributed by atoms with E-state index >= 15 is 0 Å². The molecule has 3 heteroatoms. The van der Waals surface area contributed by atoms with E-state index in [9.17, 15) is 0 Å². The van der Waals surface area contributed by atoms with E-state index in [-0.39, 0.29) is 6.10 Å². The number of methoxy groups -OCH3 is 1. The van der Waals surface area contributed by atoms with Gasteiger partial charge in [-0.3, -0.25) is 0 Å². The van der Waals surface area contributed by atoms with Gasteiger partial charge in [0.2, 0.25) is 0 Å². The highest BCUT2D eigenvalue weighted by atomic mass is 16.5. The van der Waals surface area contributed by atoms with Gasteiger partial charge in [-0.1, -0.05) is 0 Å². The van der Waals surface area contributed by atoms with Crippen molar-refractivity contribution in [2.75, 3.05) is 27.4 Å². The maximum absolute atomic E-state index is 5.40. The first-order valence-corrected chi connectivity index (χ1v) is 4.04. The molecule has 3 nitrogen and oxygen atoms in total. The first kappa shape index (κ1) is 10.9. The maximum Gasteiger partial charge on any atom is 0.0722 e. The Bertz CT molecular complexity index is 88.2. The Morgan fingerprint density at radius 2 is 2.09 bits per heavy atom. The van der Waals surface area contributed by atoms with Crippen LogP contribution >= 0.6 is 0 Å². The third-order valence-corrected chi connectivity index (χ3v) is 1.71. The van der Waals surface area contributed by atoms with Crippen molar-refractivity contribution in [1.29, 1.82) is 0 Å². The van der Waals surface area contributed by atoms with Gasteiger partial charge in [-0.05, 0) is 20.9 Å². The van der Waals surface area contributed by atoms with Crippen molar-refractivity contribution in [3.63, 3.8) is 0 Å². The van der Waals surface area contributed by atoms with Crippen LogP contribution in [0.15, 0.2) is 0 Å². The molecule has 0 saturated heterocycles. The number of rotatable bonds is 6. The van der Waals surface area contributed by atoms with Gasteiger partial charge >= 0.3 is 0 Å². The molecule has 0 heterocycles. The Balaban J connectivity index is 3.61. The van der Waals surface area contributed by atoms with Crippen LogP contribution in [0.2, 0.25) is 0 Å². The SMILES string of the molecule is CCOC(C)C(COC)NC. The van der Waals surface area contributed by atoms with Crippen LogP contribution in [-0.2, 0) is 9.47 Å². The highest BCUT2D eigenvalue weighted by Gasteiger charge is 2.14. The molecule has 0 aromatic heterocycles. The van der Waals surface area contributed by atoms with Crippen LogP contribution in [0.5, 0.6) is 0 Å². The smallest absolute Gasteiger partial charge is 0.0722 e. The second-order valence-corrected chi connectivity index (χ2v) is 2.51. The lowest BCUT2D eigenvalue weighted by atomic mass is 10.2. The zero-order valence-corrected chi connectivity index (χ0v) is 7.89. The fourth-order valence-corrected chi connectivity index (χ4v) is 1.01. The quantitative estimate of drug-likeness (QED) is 0.620. The van der Waals surface area contributed by atoms with Gasteiger partial charge in [0.05, 0.1) is 18.8 Å². The summed E-state index contributed by atoms with van der Waals surface area (Å²) in [6, 6.07) is 0.292. The Morgan fingerprint density at radius 3 is 2.45 bits per heavy atom. The van der Waals surface area contributed by atoms with E-state index in [0.29, 0.717) is 12.6 Å². The number of hydrogen-bond donors (Lipinski definition) is 1. The second-order valence-electron chi connectivity index (χ2n) is 2.51. The van der Waals surface area contributed by atoms with Crippen molar-refractivity contribution in [2.24, 2.45) is 0 Å². The third kappa shape index (κ3) is 4.35. The average Bonchev–Trinajstić information content (AvgIpc) is 2.00. The molecule has 0 aromatic rings. The molecule has 0 rings (SSSR count). The molecule has 0 aromatic carbocycles. The topological polar surface area (TPSA) is 30.5 Å². The second kappa shape index (κ2) is 6.58. The average molecular weight is 161 g/mol. The van der Waals surface area contributed by atoms with Gasteiger partial charge in [-0.15, -0.1) is 0 Å². The summed E-state index contributed by atoms with van der Waals surface area (Å²) in [6.07, 6.45) is 0.213. The van der Waals surface area contributed by atoms with E-state index in [1.807, 2.05) is 20.9 Å². The molecule has 0 aliphatic carbocycles. The van der Waals surface area contributed by atoms with Crippen molar-refractivity contribution >= 4 is 0 Å². The molecule has 0 amide bonds. The highest BCUT2D eigenvalue weighted by Crippen LogP contribution is 1.98. The Kier molecular flexibility index (Phi) is 6.51. The standard InChI is InChI=1S/C8H19NO2/c1-5-11-7(2)8(9-3)6-10-4/h7-9H,5-6H2,1-4H3. The monoisotopic (exact) mass is 161 g/mol. The molecule has 0 fully saturated rings. The maximum atomic E-state index is 5.40. The van der Waals surface area contributed by atoms with Crippen molar-refractivity contribution < 1.29 is 9.47 Å². The zero-order chi connectivity index (χ0) is 8.69. The van der Waals surface area contributed by atoms with Crippen LogP contribution < -0.4 is 5.32 Å². The summed E-state index contributed by atoms with van der Waals surface area (Å²) in [7, 11) is 3.61. The predicted octanol–water partition coefficient (Wildman–Crippen LogP) is 0.646. The lowest BCUT2D eigenvalue weighted by Crippen LogP contribution is -2.41. The minimum absolute atomic E-state index is 0.213. The molecule has 0 aliphatic heterocycles. The highest BCUT2D eigenvalue weighted by molar-refractivity contribution is 4.70. The summed E-state index contributed by atoms with van der Waals surface area (Å²) < 4.78 is 10.4. The van der Waals surface area contributed by atoms with E-state index in [2.05, 4.69) is 5.32 Å². The van der Waals surface area contributed by atoms with Crippen LogP contribution in [0.1, 0.15) is 13.8 Å². The van der Waals surface area contributed by atoms with E-state index in [1.165, 1.54) is 0 Å². The first-order chi connectivity index (χ1) is 5.26. The normalized spacial score (nSPS) is 16.4. The van der Waals surface area contributed by atoms with Gasteiger partial charge < -0.3 is 14.8 Å². The molecule has 0 radical (unpaired) electrons. The van der Waals surface area contributed by atoms with Crippen LogP contribution in [0.3, 0.4) is 0 Å². The minimum atomic E-state index is 0.213. The molecule has 1 N–H and O–H groups in total. The van der Waals surface area contributed by atoms with Crippen molar-refractivity contribution in [3.05, 3.63) is 0 Å². The number of hydrogen-bond acceptors (Lipinski definition) is 3. The fourth-order valence-electron chi connectivity index (χ4n) is 1.01. The number of ether oxygens (including phenoxy) is 2. The molecule has 68 valence electrons. The Labute approximate surface area is 69.1 Å². The van der Waals surface area contributed by atoms with Crippen molar-refractivity contribution in [2.45, 2.75) is 26.0 Å². The van der Waals surface area contributed by atoms with Gasteiger partial charge in [0.1, 0.15) is 0 Å². The molecular weight excluding hydrogens is 142 g/mol. The number of nitrogens with one attached hydrogen (secondary N) is 1. The van der Waals surface area contributed by atoms with Crippen LogP contribution in [0.4, 0.5) is 0 Å². The summed E-state index contributed by atoms with van der Waals surface area (Å²) in [5, 5.41) is 3.14. The van der Waals surface area contributed by atoms with E-state index in [4.69, 9.17) is 9.47 Å². The van der Waals surface area contributed by atoms with Gasteiger partial charge in [-0.25, -0.2) is 0 Å². The van der Waals surface area contributed by atoms with Gasteiger partial charge in [0, 0.05) is 13.7 Å². The molecule has 0 bridgehead atoms. The van der Waals surface area contributed by atoms with Gasteiger partial charge in [0.25, 0.3) is 0 Å². The molecule has 2 atom stereocenters. The molecule has 0 aliphatic rings. The zero-order valence-electron chi connectivity index (χ0n) is 7.89. The molecular formula is C8H19NO2. The summed E-state index contributed by atoms with van der Waals surface area (Å²) in [5.41, 5.74) is 0. The Morgan fingerprint density at radius 1 is 1.45 bits per heavy atom. The minimum Gasteiger partial charge on any atom is -0.383 e. The molecule has 0 saturated carbocycles. The largest absolute Gasteiger partial charge is 0.383 e. The summed E-state index contributed by atoms with van der Waals surface area (Å²) in [6.45, 7) is 5.49. The Hall–Kier alpha value is -0.120. The van der Waals surface area contributed by atoms with E-state index in [0.717, 1.165) is 6.61 Å². The van der Waals surface area contributed by atoms with Crippen molar-refractivity contribution in [3.8, 4) is 0 Å². The summed E-state index contributed by atoms with van der Waals surface area (Å²) >= 11 is 0. The molecule has 11 heavy (non-hydrogen) atoms. The fraction of sp³-hybridized carbons (Fsp3) is 1.00. The van der Waals surface area contributed by atoms with Gasteiger partial charge in [-0.2, -0.15) is 0 Å². The van der Waals surface area contributed by atoms with Crippen LogP contribution in [0.25, 0.3) is 0 Å². The van der Waals surface area contributed by atoms with E-state index < -0.39 is 0 Å². The molecule has 0 spiro atoms. The molecule has 2 unspecified atom stereocenters. The summed E-state index contributed by atoms with van der Waals surface area (Å²) in [5.74, 6) is 0. The lowest BCUT2D eigenvalue weighted by Gasteiger charge is -2.22. The van der Waals surface area contributed by atoms with Crippen LogP contribution in [-0.4, -0.2) is 39.5 Å². The van der Waals surface area contributed by atoms with Gasteiger partial charge in [0.15, 0.2) is 0 Å². The van der Waals surface area contributed by atoms with E-state index in [1.54, 1.807) is 7.11 Å². The lowest BCUT2D eigenvalue weighted by molar-refractivity contribution is 0.0232. The number of likely N-dealkylation sites (N-methyl/N-ethyl adjacent to an activating group) is 1.